The third-order valence-corrected chi connectivity index (χ3v) is 5.54. The van der Waals surface area contributed by atoms with Crippen LogP contribution in [0, 0.1) is 0 Å². The largest absolute Gasteiger partial charge is 0.467 e. The predicted molar refractivity (Wildman–Crippen MR) is 104 cm³/mol. The zero-order chi connectivity index (χ0) is 20.3. The topological polar surface area (TPSA) is 117 Å². The van der Waals surface area contributed by atoms with Gasteiger partial charge in [0.15, 0.2) is 5.16 Å². The predicted octanol–water partition coefficient (Wildman–Crippen LogP) is 2.18. The van der Waals surface area contributed by atoms with E-state index >= 15 is 0 Å². The van der Waals surface area contributed by atoms with E-state index in [1.807, 2.05) is 6.92 Å². The number of ether oxygens (including phenoxy) is 1. The Hall–Kier alpha value is -3.07. The molecule has 0 aliphatic heterocycles. The van der Waals surface area contributed by atoms with Crippen LogP contribution in [0.2, 0.25) is 0 Å². The number of amides is 1. The summed E-state index contributed by atoms with van der Waals surface area (Å²) in [4.78, 5) is 41.1. The first kappa shape index (κ1) is 19.7. The minimum absolute atomic E-state index is 0.158. The average molecular weight is 401 g/mol. The van der Waals surface area contributed by atoms with Gasteiger partial charge in [-0.1, -0.05) is 18.7 Å². The summed E-state index contributed by atoms with van der Waals surface area (Å²) in [6.07, 6.45) is 2.00. The molecule has 1 atom stereocenters. The number of hydrogen-bond acceptors (Lipinski definition) is 7. The molecule has 3 rings (SSSR count). The van der Waals surface area contributed by atoms with Crippen molar-refractivity contribution in [1.82, 2.24) is 9.55 Å². The number of fused-ring (bicyclic) bond motifs is 1. The maximum absolute atomic E-state index is 13.1. The number of nitrogens with zero attached hydrogens (tertiary/aromatic N) is 2. The van der Waals surface area contributed by atoms with Gasteiger partial charge in [0.1, 0.15) is 5.76 Å². The van der Waals surface area contributed by atoms with E-state index in [-0.39, 0.29) is 17.7 Å². The van der Waals surface area contributed by atoms with Gasteiger partial charge in [0.05, 0.1) is 41.6 Å². The Morgan fingerprint density at radius 3 is 2.75 bits per heavy atom. The number of furan rings is 1. The van der Waals surface area contributed by atoms with Crippen LogP contribution < -0.4 is 11.3 Å². The second-order valence-electron chi connectivity index (χ2n) is 6.01. The Balaban J connectivity index is 2.17. The number of carbonyl (C=O) groups excluding carboxylic acids is 2. The van der Waals surface area contributed by atoms with Crippen molar-refractivity contribution < 1.29 is 18.7 Å². The van der Waals surface area contributed by atoms with Crippen LogP contribution in [0.25, 0.3) is 10.9 Å². The Morgan fingerprint density at radius 1 is 1.36 bits per heavy atom. The summed E-state index contributed by atoms with van der Waals surface area (Å²) in [5.74, 6) is -0.445. The molecule has 0 aliphatic carbocycles. The standard InChI is InChI=1S/C19H19N3O5S/c1-3-15(16(20)23)28-19-21-14-9-11(18(25)26-2)6-7-13(14)17(24)22(19)10-12-5-4-8-27-12/h4-9,15H,3,10H2,1-2H3,(H2,20,23). The molecule has 146 valence electrons. The van der Waals surface area contributed by atoms with Crippen molar-refractivity contribution in [2.45, 2.75) is 30.3 Å². The lowest BCUT2D eigenvalue weighted by atomic mass is 10.1. The number of carbonyl (C=O) groups is 2. The van der Waals surface area contributed by atoms with Crippen molar-refractivity contribution in [2.24, 2.45) is 5.73 Å². The lowest BCUT2D eigenvalue weighted by Crippen LogP contribution is -2.28. The molecule has 2 N–H and O–H groups in total. The first-order valence-electron chi connectivity index (χ1n) is 8.55. The van der Waals surface area contributed by atoms with Gasteiger partial charge in [-0.2, -0.15) is 0 Å². The van der Waals surface area contributed by atoms with Crippen LogP contribution in [-0.4, -0.2) is 33.8 Å². The first-order chi connectivity index (χ1) is 13.4. The molecule has 0 saturated heterocycles. The van der Waals surface area contributed by atoms with Gasteiger partial charge in [0.2, 0.25) is 5.91 Å². The number of thioether (sulfide) groups is 1. The fourth-order valence-electron chi connectivity index (χ4n) is 2.70. The van der Waals surface area contributed by atoms with Crippen LogP contribution in [0.1, 0.15) is 29.5 Å². The molecule has 0 radical (unpaired) electrons. The number of rotatable bonds is 7. The fraction of sp³-hybridized carbons (Fsp3) is 0.263. The molecule has 9 heteroatoms. The maximum atomic E-state index is 13.1. The van der Waals surface area contributed by atoms with Gasteiger partial charge in [-0.15, -0.1) is 0 Å². The third kappa shape index (κ3) is 3.94. The normalized spacial score (nSPS) is 12.1. The minimum Gasteiger partial charge on any atom is -0.467 e. The minimum atomic E-state index is -0.545. The summed E-state index contributed by atoms with van der Waals surface area (Å²) in [6, 6.07) is 8.02. The quantitative estimate of drug-likeness (QED) is 0.366. The zero-order valence-electron chi connectivity index (χ0n) is 15.4. The number of hydrogen-bond donors (Lipinski definition) is 1. The summed E-state index contributed by atoms with van der Waals surface area (Å²) in [5.41, 5.74) is 5.77. The summed E-state index contributed by atoms with van der Waals surface area (Å²) < 4.78 is 11.5. The van der Waals surface area contributed by atoms with Gasteiger partial charge in [-0.05, 0) is 36.8 Å². The van der Waals surface area contributed by atoms with Crippen molar-refractivity contribution in [1.29, 1.82) is 0 Å². The Kier molecular flexibility index (Phi) is 5.84. The fourth-order valence-corrected chi connectivity index (χ4v) is 3.67. The van der Waals surface area contributed by atoms with E-state index < -0.39 is 17.1 Å². The molecule has 0 aliphatic rings. The van der Waals surface area contributed by atoms with Crippen molar-refractivity contribution in [2.75, 3.05) is 7.11 Å². The first-order valence-corrected chi connectivity index (χ1v) is 9.43. The van der Waals surface area contributed by atoms with E-state index in [4.69, 9.17) is 14.9 Å². The van der Waals surface area contributed by atoms with Crippen molar-refractivity contribution >= 4 is 34.5 Å². The Labute approximate surface area is 164 Å². The highest BCUT2D eigenvalue weighted by Gasteiger charge is 2.21. The SMILES string of the molecule is CCC(Sc1nc2cc(C(=O)OC)ccc2c(=O)n1Cc1ccco1)C(N)=O. The van der Waals surface area contributed by atoms with Gasteiger partial charge >= 0.3 is 5.97 Å². The maximum Gasteiger partial charge on any atom is 0.337 e. The van der Waals surface area contributed by atoms with Crippen molar-refractivity contribution in [3.05, 3.63) is 58.3 Å². The Morgan fingerprint density at radius 2 is 2.14 bits per heavy atom. The van der Waals surface area contributed by atoms with Crippen LogP contribution >= 0.6 is 11.8 Å². The highest BCUT2D eigenvalue weighted by molar-refractivity contribution is 8.00. The summed E-state index contributed by atoms with van der Waals surface area (Å²) >= 11 is 1.11. The summed E-state index contributed by atoms with van der Waals surface area (Å²) in [7, 11) is 1.28. The average Bonchev–Trinajstić information content (AvgIpc) is 3.20. The molecule has 2 heterocycles. The molecule has 8 nitrogen and oxygen atoms in total. The molecule has 0 bridgehead atoms. The highest BCUT2D eigenvalue weighted by atomic mass is 32.2. The molecule has 2 aromatic heterocycles. The molecule has 1 amide bonds. The van der Waals surface area contributed by atoms with Crippen molar-refractivity contribution in [3.63, 3.8) is 0 Å². The van der Waals surface area contributed by atoms with Crippen LogP contribution in [0.15, 0.2) is 51.0 Å². The number of methoxy groups -OCH3 is 1. The van der Waals surface area contributed by atoms with Crippen LogP contribution in [0.3, 0.4) is 0 Å². The van der Waals surface area contributed by atoms with Crippen LogP contribution in [0.5, 0.6) is 0 Å². The second-order valence-corrected chi connectivity index (χ2v) is 7.18. The zero-order valence-corrected chi connectivity index (χ0v) is 16.2. The number of primary amides is 1. The number of nitrogens with two attached hydrogens (primary N) is 1. The van der Waals surface area contributed by atoms with Gasteiger partial charge in [0, 0.05) is 0 Å². The highest BCUT2D eigenvalue weighted by Crippen LogP contribution is 2.25. The summed E-state index contributed by atoms with van der Waals surface area (Å²) in [6.45, 7) is 1.98. The smallest absolute Gasteiger partial charge is 0.337 e. The lowest BCUT2D eigenvalue weighted by molar-refractivity contribution is -0.117. The molecule has 3 aromatic rings. The molecular formula is C19H19N3O5S. The molecule has 1 aromatic carbocycles. The number of benzene rings is 1. The summed E-state index contributed by atoms with van der Waals surface area (Å²) in [5, 5.41) is 0.119. The lowest BCUT2D eigenvalue weighted by Gasteiger charge is -2.15. The van der Waals surface area contributed by atoms with E-state index in [9.17, 15) is 14.4 Å². The number of esters is 1. The number of aromatic nitrogens is 2. The van der Waals surface area contributed by atoms with Crippen LogP contribution in [-0.2, 0) is 16.1 Å². The second kappa shape index (κ2) is 8.30. The van der Waals surface area contributed by atoms with Crippen molar-refractivity contribution in [3.8, 4) is 0 Å². The molecule has 0 spiro atoms. The van der Waals surface area contributed by atoms with E-state index in [0.717, 1.165) is 11.8 Å². The molecule has 0 fully saturated rings. The molecule has 1 unspecified atom stereocenters. The van der Waals surface area contributed by atoms with E-state index in [1.54, 1.807) is 12.1 Å². The van der Waals surface area contributed by atoms with E-state index in [1.165, 1.54) is 36.1 Å². The van der Waals surface area contributed by atoms with Gasteiger partial charge in [0.25, 0.3) is 5.56 Å². The van der Waals surface area contributed by atoms with Gasteiger partial charge < -0.3 is 14.9 Å². The van der Waals surface area contributed by atoms with Gasteiger partial charge in [-0.3, -0.25) is 14.2 Å². The molecule has 28 heavy (non-hydrogen) atoms. The monoisotopic (exact) mass is 401 g/mol. The Bertz CT molecular complexity index is 1080. The molecular weight excluding hydrogens is 382 g/mol. The van der Waals surface area contributed by atoms with E-state index in [2.05, 4.69) is 4.98 Å². The van der Waals surface area contributed by atoms with Crippen LogP contribution in [0.4, 0.5) is 0 Å². The molecule has 0 saturated carbocycles. The third-order valence-electron chi connectivity index (χ3n) is 4.17. The van der Waals surface area contributed by atoms with E-state index in [0.29, 0.717) is 28.2 Å². The van der Waals surface area contributed by atoms with Gasteiger partial charge in [-0.25, -0.2) is 9.78 Å².